The molecule has 0 saturated carbocycles. The van der Waals surface area contributed by atoms with Crippen LogP contribution in [-0.2, 0) is 13.1 Å². The normalized spacial score (nSPS) is 15.7. The average molecular weight is 442 g/mol. The Hall–Kier alpha value is -2.42. The second kappa shape index (κ2) is 8.37. The average Bonchev–Trinajstić information content (AvgIpc) is 3.41. The maximum atomic E-state index is 5.99. The summed E-state index contributed by atoms with van der Waals surface area (Å²) < 4.78 is 3.88. The van der Waals surface area contributed by atoms with Crippen LogP contribution in [0.25, 0.3) is 16.2 Å². The first kappa shape index (κ1) is 19.5. The highest BCUT2D eigenvalue weighted by Crippen LogP contribution is 2.28. The Morgan fingerprint density at radius 3 is 2.70 bits per heavy atom. The van der Waals surface area contributed by atoms with Gasteiger partial charge in [0.15, 0.2) is 0 Å². The van der Waals surface area contributed by atoms with E-state index in [2.05, 4.69) is 28.0 Å². The molecule has 1 saturated heterocycles. The zero-order valence-corrected chi connectivity index (χ0v) is 18.5. The Labute approximate surface area is 184 Å². The predicted octanol–water partition coefficient (Wildman–Crippen LogP) is 4.04. The molecule has 30 heavy (non-hydrogen) atoms. The molecule has 4 heterocycles. The maximum Gasteiger partial charge on any atom is 0.214 e. The lowest BCUT2D eigenvalue weighted by Gasteiger charge is -2.20. The first-order valence-electron chi connectivity index (χ1n) is 10.3. The second-order valence-electron chi connectivity index (χ2n) is 7.57. The zero-order chi connectivity index (χ0) is 20.5. The fourth-order valence-electron chi connectivity index (χ4n) is 3.82. The molecule has 0 N–H and O–H groups in total. The number of hydrogen-bond donors (Lipinski definition) is 0. The summed E-state index contributed by atoms with van der Waals surface area (Å²) in [6.07, 6.45) is 7.25. The van der Waals surface area contributed by atoms with Gasteiger partial charge in [0.05, 0.1) is 18.1 Å². The van der Waals surface area contributed by atoms with Crippen LogP contribution in [0.3, 0.4) is 0 Å². The van der Waals surface area contributed by atoms with Crippen LogP contribution in [-0.4, -0.2) is 55.5 Å². The van der Waals surface area contributed by atoms with E-state index in [1.54, 1.807) is 11.3 Å². The number of fused-ring (bicyclic) bond motifs is 1. The van der Waals surface area contributed by atoms with Crippen LogP contribution in [0.1, 0.15) is 18.9 Å². The number of anilines is 1. The topological polar surface area (TPSA) is 54.5 Å². The van der Waals surface area contributed by atoms with Gasteiger partial charge in [0.25, 0.3) is 0 Å². The molecule has 1 aromatic carbocycles. The molecule has 0 amide bonds. The first-order chi connectivity index (χ1) is 14.7. The number of nitrogens with zero attached hydrogens (tertiary/aromatic N) is 7. The minimum atomic E-state index is 0.731. The number of hydrogen-bond acceptors (Lipinski definition) is 6. The van der Waals surface area contributed by atoms with Crippen molar-refractivity contribution in [3.05, 3.63) is 53.4 Å². The number of rotatable bonds is 5. The third-order valence-corrected chi connectivity index (χ3v) is 6.68. The number of aryl methyl sites for hydroxylation is 1. The lowest BCUT2D eigenvalue weighted by molar-refractivity contribution is 0.285. The lowest BCUT2D eigenvalue weighted by atomic mass is 10.2. The van der Waals surface area contributed by atoms with E-state index >= 15 is 0 Å². The summed E-state index contributed by atoms with van der Waals surface area (Å²) in [6, 6.07) is 7.76. The minimum absolute atomic E-state index is 0.731. The molecule has 1 aliphatic rings. The number of imidazole rings is 1. The van der Waals surface area contributed by atoms with Crippen LogP contribution in [0, 0.1) is 0 Å². The maximum absolute atomic E-state index is 5.99. The fraction of sp³-hybridized carbons (Fsp3) is 0.381. The van der Waals surface area contributed by atoms with Crippen molar-refractivity contribution in [3.8, 4) is 11.3 Å². The van der Waals surface area contributed by atoms with Gasteiger partial charge in [0, 0.05) is 61.6 Å². The van der Waals surface area contributed by atoms with Gasteiger partial charge in [-0.2, -0.15) is 5.10 Å². The third kappa shape index (κ3) is 4.08. The predicted molar refractivity (Wildman–Crippen MR) is 121 cm³/mol. The van der Waals surface area contributed by atoms with Crippen molar-refractivity contribution in [1.29, 1.82) is 0 Å². The number of aromatic nitrogens is 5. The molecule has 0 radical (unpaired) electrons. The first-order valence-corrected chi connectivity index (χ1v) is 11.5. The Morgan fingerprint density at radius 2 is 1.93 bits per heavy atom. The SMILES string of the molecule is CCn1cc(CN2CCCN(c3nn4cc(-c5ccc(Cl)cc5)nc4s3)CC2)cn1. The van der Waals surface area contributed by atoms with Crippen LogP contribution < -0.4 is 4.90 Å². The van der Waals surface area contributed by atoms with Crippen molar-refractivity contribution in [3.63, 3.8) is 0 Å². The quantitative estimate of drug-likeness (QED) is 0.468. The van der Waals surface area contributed by atoms with Crippen molar-refractivity contribution in [2.75, 3.05) is 31.1 Å². The van der Waals surface area contributed by atoms with Gasteiger partial charge in [-0.15, -0.1) is 5.10 Å². The van der Waals surface area contributed by atoms with Gasteiger partial charge in [-0.25, -0.2) is 9.50 Å². The van der Waals surface area contributed by atoms with Gasteiger partial charge in [0.1, 0.15) is 0 Å². The molecule has 0 atom stereocenters. The van der Waals surface area contributed by atoms with Gasteiger partial charge in [-0.05, 0) is 25.5 Å². The van der Waals surface area contributed by atoms with E-state index in [4.69, 9.17) is 21.7 Å². The molecule has 4 aromatic rings. The summed E-state index contributed by atoms with van der Waals surface area (Å²) in [5.74, 6) is 0. The Morgan fingerprint density at radius 1 is 1.07 bits per heavy atom. The Bertz CT molecular complexity index is 1100. The summed E-state index contributed by atoms with van der Waals surface area (Å²) in [5, 5.41) is 11.0. The molecule has 9 heteroatoms. The molecule has 1 aliphatic heterocycles. The molecule has 0 aliphatic carbocycles. The molecule has 0 unspecified atom stereocenters. The Kier molecular flexibility index (Phi) is 5.45. The van der Waals surface area contributed by atoms with Crippen LogP contribution in [0.4, 0.5) is 5.13 Å². The van der Waals surface area contributed by atoms with E-state index in [0.29, 0.717) is 0 Å². The molecule has 156 valence electrons. The van der Waals surface area contributed by atoms with Gasteiger partial charge in [-0.1, -0.05) is 35.1 Å². The van der Waals surface area contributed by atoms with E-state index in [1.807, 2.05) is 45.9 Å². The highest BCUT2D eigenvalue weighted by Gasteiger charge is 2.19. The van der Waals surface area contributed by atoms with Crippen LogP contribution in [0.15, 0.2) is 42.9 Å². The smallest absolute Gasteiger partial charge is 0.214 e. The summed E-state index contributed by atoms with van der Waals surface area (Å²) >= 11 is 7.64. The van der Waals surface area contributed by atoms with Gasteiger partial charge >= 0.3 is 0 Å². The minimum Gasteiger partial charge on any atom is -0.345 e. The van der Waals surface area contributed by atoms with Gasteiger partial charge in [-0.3, -0.25) is 9.58 Å². The van der Waals surface area contributed by atoms with Crippen LogP contribution in [0.2, 0.25) is 5.02 Å². The Balaban J connectivity index is 1.26. The molecule has 0 spiro atoms. The van der Waals surface area contributed by atoms with Crippen LogP contribution in [0.5, 0.6) is 0 Å². The number of benzene rings is 1. The van der Waals surface area contributed by atoms with Crippen LogP contribution >= 0.6 is 22.9 Å². The molecule has 5 rings (SSSR count). The molecular weight excluding hydrogens is 418 g/mol. The monoisotopic (exact) mass is 441 g/mol. The summed E-state index contributed by atoms with van der Waals surface area (Å²) in [5.41, 5.74) is 3.26. The van der Waals surface area contributed by atoms with E-state index in [-0.39, 0.29) is 0 Å². The third-order valence-electron chi connectivity index (χ3n) is 5.45. The van der Waals surface area contributed by atoms with Crippen molar-refractivity contribution in [2.24, 2.45) is 0 Å². The van der Waals surface area contributed by atoms with Crippen molar-refractivity contribution < 1.29 is 0 Å². The molecule has 7 nitrogen and oxygen atoms in total. The summed E-state index contributed by atoms with van der Waals surface area (Å²) in [7, 11) is 0. The standard InChI is InChI=1S/C21H24ClN7S/c1-2-28-14-16(12-23-28)13-26-8-3-9-27(11-10-26)21-25-29-15-19(24-20(29)30-21)17-4-6-18(22)7-5-17/h4-7,12,14-15H,2-3,8-11,13H2,1H3. The van der Waals surface area contributed by atoms with E-state index in [1.165, 1.54) is 5.56 Å². The number of halogens is 1. The lowest BCUT2D eigenvalue weighted by Crippen LogP contribution is -2.30. The van der Waals surface area contributed by atoms with E-state index < -0.39 is 0 Å². The summed E-state index contributed by atoms with van der Waals surface area (Å²) in [4.78, 5) is 10.6. The largest absolute Gasteiger partial charge is 0.345 e. The molecular formula is C21H24ClN7S. The molecule has 1 fully saturated rings. The summed E-state index contributed by atoms with van der Waals surface area (Å²) in [6.45, 7) is 8.10. The second-order valence-corrected chi connectivity index (χ2v) is 8.94. The van der Waals surface area contributed by atoms with Crippen molar-refractivity contribution in [1.82, 2.24) is 29.3 Å². The van der Waals surface area contributed by atoms with Crippen molar-refractivity contribution in [2.45, 2.75) is 26.4 Å². The highest BCUT2D eigenvalue weighted by atomic mass is 35.5. The van der Waals surface area contributed by atoms with Gasteiger partial charge < -0.3 is 4.90 Å². The van der Waals surface area contributed by atoms with E-state index in [9.17, 15) is 0 Å². The molecule has 0 bridgehead atoms. The van der Waals surface area contributed by atoms with E-state index in [0.717, 1.165) is 72.1 Å². The van der Waals surface area contributed by atoms with Gasteiger partial charge in [0.2, 0.25) is 10.1 Å². The fourth-order valence-corrected chi connectivity index (χ4v) is 4.88. The highest BCUT2D eigenvalue weighted by molar-refractivity contribution is 7.20. The molecule has 3 aromatic heterocycles. The van der Waals surface area contributed by atoms with Crippen molar-refractivity contribution >= 4 is 33.0 Å². The zero-order valence-electron chi connectivity index (χ0n) is 16.9.